The van der Waals surface area contributed by atoms with Gasteiger partial charge in [0.2, 0.25) is 11.7 Å². The highest BCUT2D eigenvalue weighted by Gasteiger charge is 2.13. The number of aliphatic hydroxyl groups is 1. The number of carbonyl (C=O) groups excluding carboxylic acids is 1. The fourth-order valence-electron chi connectivity index (χ4n) is 2.53. The summed E-state index contributed by atoms with van der Waals surface area (Å²) in [6.07, 6.45) is 2.17. The molecule has 2 heterocycles. The van der Waals surface area contributed by atoms with E-state index in [-0.39, 0.29) is 17.2 Å². The van der Waals surface area contributed by atoms with Crippen LogP contribution >= 0.6 is 23.2 Å². The van der Waals surface area contributed by atoms with E-state index in [0.717, 1.165) is 22.5 Å². The SMILES string of the molecule is NC(=O)c1ccc(Cl)cc1F.OCCc1nc(-c2c[nH]c3ccc(Cl)cc23)no1. The fourth-order valence-corrected chi connectivity index (χ4v) is 2.86. The number of carbonyl (C=O) groups is 1. The number of amides is 1. The minimum atomic E-state index is -0.792. The zero-order valence-electron chi connectivity index (χ0n) is 14.8. The third-order valence-electron chi connectivity index (χ3n) is 3.88. The lowest BCUT2D eigenvalue weighted by molar-refractivity contribution is 0.0996. The van der Waals surface area contributed by atoms with Crippen molar-refractivity contribution < 1.29 is 18.8 Å². The van der Waals surface area contributed by atoms with Crippen LogP contribution in [0, 0.1) is 5.82 Å². The molecule has 0 saturated carbocycles. The van der Waals surface area contributed by atoms with E-state index in [0.29, 0.717) is 23.2 Å². The first kappa shape index (κ1) is 20.8. The third-order valence-corrected chi connectivity index (χ3v) is 4.35. The number of aromatic amines is 1. The Morgan fingerprint density at radius 1 is 1.21 bits per heavy atom. The molecule has 29 heavy (non-hydrogen) atoms. The van der Waals surface area contributed by atoms with E-state index in [1.165, 1.54) is 12.1 Å². The van der Waals surface area contributed by atoms with Crippen LogP contribution in [0.4, 0.5) is 4.39 Å². The number of primary amides is 1. The highest BCUT2D eigenvalue weighted by molar-refractivity contribution is 6.31. The van der Waals surface area contributed by atoms with Crippen LogP contribution in [-0.4, -0.2) is 32.7 Å². The molecule has 0 radical (unpaired) electrons. The Bertz CT molecular complexity index is 1160. The maximum absolute atomic E-state index is 12.7. The molecule has 0 bridgehead atoms. The van der Waals surface area contributed by atoms with Gasteiger partial charge in [-0.2, -0.15) is 4.98 Å². The first-order valence-electron chi connectivity index (χ1n) is 8.34. The van der Waals surface area contributed by atoms with Gasteiger partial charge in [-0.25, -0.2) is 4.39 Å². The molecule has 1 amide bonds. The number of benzene rings is 2. The molecule has 2 aromatic heterocycles. The van der Waals surface area contributed by atoms with E-state index >= 15 is 0 Å². The number of nitrogens with zero attached hydrogens (tertiary/aromatic N) is 2. The Balaban J connectivity index is 0.000000188. The van der Waals surface area contributed by atoms with Crippen molar-refractivity contribution in [2.24, 2.45) is 5.73 Å². The molecule has 0 aliphatic heterocycles. The van der Waals surface area contributed by atoms with E-state index in [9.17, 15) is 9.18 Å². The Kier molecular flexibility index (Phi) is 6.48. The van der Waals surface area contributed by atoms with Crippen molar-refractivity contribution in [3.63, 3.8) is 0 Å². The lowest BCUT2D eigenvalue weighted by Gasteiger charge is -1.96. The zero-order valence-corrected chi connectivity index (χ0v) is 16.3. The van der Waals surface area contributed by atoms with Gasteiger partial charge in [-0.15, -0.1) is 0 Å². The number of nitrogens with two attached hydrogens (primary N) is 1. The Morgan fingerprint density at radius 3 is 2.62 bits per heavy atom. The number of aromatic nitrogens is 3. The molecule has 4 rings (SSSR count). The first-order valence-corrected chi connectivity index (χ1v) is 9.10. The molecule has 0 aliphatic rings. The van der Waals surface area contributed by atoms with E-state index in [1.807, 2.05) is 24.4 Å². The average Bonchev–Trinajstić information content (AvgIpc) is 3.28. The normalized spacial score (nSPS) is 10.6. The smallest absolute Gasteiger partial charge is 0.251 e. The van der Waals surface area contributed by atoms with Crippen molar-refractivity contribution in [3.05, 3.63) is 69.9 Å². The molecule has 0 atom stereocenters. The van der Waals surface area contributed by atoms with Crippen LogP contribution < -0.4 is 5.73 Å². The van der Waals surface area contributed by atoms with Gasteiger partial charge in [0.15, 0.2) is 0 Å². The van der Waals surface area contributed by atoms with Gasteiger partial charge in [0.05, 0.1) is 18.6 Å². The summed E-state index contributed by atoms with van der Waals surface area (Å²) < 4.78 is 17.8. The predicted molar refractivity (Wildman–Crippen MR) is 107 cm³/mol. The molecular formula is C19H15Cl2FN4O3. The second-order valence-corrected chi connectivity index (χ2v) is 6.74. The molecule has 7 nitrogen and oxygen atoms in total. The average molecular weight is 437 g/mol. The number of H-pyrrole nitrogens is 1. The summed E-state index contributed by atoms with van der Waals surface area (Å²) in [6, 6.07) is 9.27. The number of fused-ring (bicyclic) bond motifs is 1. The quantitative estimate of drug-likeness (QED) is 0.446. The summed E-state index contributed by atoms with van der Waals surface area (Å²) >= 11 is 11.4. The predicted octanol–water partition coefficient (Wildman–Crippen LogP) is 3.98. The summed E-state index contributed by atoms with van der Waals surface area (Å²) in [5.74, 6) is -0.569. The zero-order chi connectivity index (χ0) is 21.0. The number of nitrogens with one attached hydrogen (secondary N) is 1. The monoisotopic (exact) mass is 436 g/mol. The van der Waals surface area contributed by atoms with Gasteiger partial charge in [-0.1, -0.05) is 28.4 Å². The fraction of sp³-hybridized carbons (Fsp3) is 0.105. The summed E-state index contributed by atoms with van der Waals surface area (Å²) in [4.78, 5) is 17.8. The number of rotatable bonds is 4. The van der Waals surface area contributed by atoms with E-state index < -0.39 is 11.7 Å². The van der Waals surface area contributed by atoms with Gasteiger partial charge in [0.1, 0.15) is 5.82 Å². The minimum absolute atomic E-state index is 0.0126. The van der Waals surface area contributed by atoms with Crippen LogP contribution in [0.5, 0.6) is 0 Å². The molecule has 0 saturated heterocycles. The second-order valence-electron chi connectivity index (χ2n) is 5.87. The molecule has 10 heteroatoms. The molecule has 0 aliphatic carbocycles. The van der Waals surface area contributed by atoms with E-state index in [1.54, 1.807) is 0 Å². The summed E-state index contributed by atoms with van der Waals surface area (Å²) in [5, 5.41) is 14.6. The topological polar surface area (TPSA) is 118 Å². The molecule has 2 aromatic carbocycles. The highest BCUT2D eigenvalue weighted by Crippen LogP contribution is 2.28. The van der Waals surface area contributed by atoms with Crippen LogP contribution in [0.25, 0.3) is 22.3 Å². The van der Waals surface area contributed by atoms with Crippen LogP contribution in [-0.2, 0) is 6.42 Å². The van der Waals surface area contributed by atoms with E-state index in [2.05, 4.69) is 15.1 Å². The standard InChI is InChI=1S/C12H10ClN3O2.C7H5ClFNO/c13-7-1-2-10-8(5-7)9(6-14-10)12-15-11(3-4-17)18-16-12;8-4-1-2-5(7(10)11)6(9)3-4/h1-2,5-6,14,17H,3-4H2;1-3H,(H2,10,11). The molecule has 0 unspecified atom stereocenters. The molecule has 0 fully saturated rings. The van der Waals surface area contributed by atoms with Gasteiger partial charge < -0.3 is 20.3 Å². The molecule has 150 valence electrons. The Morgan fingerprint density at radius 2 is 1.93 bits per heavy atom. The molecule has 4 aromatic rings. The lowest BCUT2D eigenvalue weighted by atomic mass is 10.1. The van der Waals surface area contributed by atoms with Crippen LogP contribution in [0.1, 0.15) is 16.2 Å². The number of halogens is 3. The second kappa shape index (κ2) is 9.04. The largest absolute Gasteiger partial charge is 0.396 e. The van der Waals surface area contributed by atoms with Crippen LogP contribution in [0.3, 0.4) is 0 Å². The summed E-state index contributed by atoms with van der Waals surface area (Å²) in [5.41, 5.74) is 6.49. The molecular weight excluding hydrogens is 422 g/mol. The third kappa shape index (κ3) is 4.92. The maximum atomic E-state index is 12.7. The van der Waals surface area contributed by atoms with Crippen molar-refractivity contribution in [2.75, 3.05) is 6.61 Å². The van der Waals surface area contributed by atoms with Crippen LogP contribution in [0.15, 0.2) is 47.1 Å². The van der Waals surface area contributed by atoms with Crippen molar-refractivity contribution in [3.8, 4) is 11.4 Å². The molecule has 4 N–H and O–H groups in total. The Labute approximate surface area is 174 Å². The number of hydrogen-bond donors (Lipinski definition) is 3. The van der Waals surface area contributed by atoms with Gasteiger partial charge in [0.25, 0.3) is 5.91 Å². The van der Waals surface area contributed by atoms with Crippen molar-refractivity contribution >= 4 is 40.0 Å². The first-order chi connectivity index (χ1) is 13.9. The molecule has 0 spiro atoms. The summed E-state index contributed by atoms with van der Waals surface area (Å²) in [7, 11) is 0. The van der Waals surface area contributed by atoms with Crippen molar-refractivity contribution in [1.29, 1.82) is 0 Å². The van der Waals surface area contributed by atoms with Crippen molar-refractivity contribution in [2.45, 2.75) is 6.42 Å². The van der Waals surface area contributed by atoms with Gasteiger partial charge >= 0.3 is 0 Å². The highest BCUT2D eigenvalue weighted by atomic mass is 35.5. The number of aliphatic hydroxyl groups excluding tert-OH is 1. The van der Waals surface area contributed by atoms with Gasteiger partial charge in [0, 0.05) is 32.7 Å². The lowest BCUT2D eigenvalue weighted by Crippen LogP contribution is -2.12. The van der Waals surface area contributed by atoms with E-state index in [4.69, 9.17) is 38.6 Å². The maximum Gasteiger partial charge on any atom is 0.251 e. The number of hydrogen-bond acceptors (Lipinski definition) is 5. The van der Waals surface area contributed by atoms with Gasteiger partial charge in [-0.3, -0.25) is 4.79 Å². The minimum Gasteiger partial charge on any atom is -0.396 e. The Hall–Kier alpha value is -2.94. The van der Waals surface area contributed by atoms with Gasteiger partial charge in [-0.05, 0) is 36.4 Å². The van der Waals surface area contributed by atoms with Crippen molar-refractivity contribution in [1.82, 2.24) is 15.1 Å². The van der Waals surface area contributed by atoms with Crippen LogP contribution in [0.2, 0.25) is 10.0 Å². The summed E-state index contributed by atoms with van der Waals surface area (Å²) in [6.45, 7) is -0.0126.